The molecule has 0 aliphatic rings. The summed E-state index contributed by atoms with van der Waals surface area (Å²) in [5.41, 5.74) is 0. The van der Waals surface area contributed by atoms with Gasteiger partial charge in [-0.2, -0.15) is 0 Å². The number of ether oxygens (including phenoxy) is 2. The van der Waals surface area contributed by atoms with Crippen LogP contribution < -0.4 is 15.4 Å². The molecule has 1 aromatic carbocycles. The van der Waals surface area contributed by atoms with Crippen LogP contribution in [0.5, 0.6) is 5.75 Å². The normalized spacial score (nSPS) is 9.71. The molecule has 0 radical (unpaired) electrons. The van der Waals surface area contributed by atoms with Gasteiger partial charge in [-0.25, -0.2) is 9.59 Å². The van der Waals surface area contributed by atoms with E-state index in [0.717, 1.165) is 0 Å². The first-order valence-electron chi connectivity index (χ1n) is 6.13. The summed E-state index contributed by atoms with van der Waals surface area (Å²) >= 11 is 0. The molecule has 114 valence electrons. The van der Waals surface area contributed by atoms with E-state index in [2.05, 4.69) is 10.1 Å². The van der Waals surface area contributed by atoms with Gasteiger partial charge in [0.2, 0.25) is 0 Å². The van der Waals surface area contributed by atoms with Gasteiger partial charge in [0.15, 0.2) is 0 Å². The average molecular weight is 296 g/mol. The number of nitrogens with one attached hydrogen (secondary N) is 2. The molecule has 0 spiro atoms. The second kappa shape index (κ2) is 9.32. The van der Waals surface area contributed by atoms with Gasteiger partial charge >= 0.3 is 12.0 Å². The first kappa shape index (κ1) is 16.4. The molecule has 1 aromatic rings. The van der Waals surface area contributed by atoms with Gasteiger partial charge in [0, 0.05) is 0 Å². The van der Waals surface area contributed by atoms with Crippen molar-refractivity contribution in [2.24, 2.45) is 0 Å². The highest BCUT2D eigenvalue weighted by atomic mass is 16.5. The second-order valence-corrected chi connectivity index (χ2v) is 3.85. The highest BCUT2D eigenvalue weighted by molar-refractivity contribution is 5.94. The summed E-state index contributed by atoms with van der Waals surface area (Å²) in [7, 11) is 0. The van der Waals surface area contributed by atoms with Crippen LogP contribution in [0, 0.1) is 0 Å². The molecule has 0 saturated heterocycles. The third-order valence-corrected chi connectivity index (χ3v) is 2.11. The van der Waals surface area contributed by atoms with Crippen LogP contribution in [-0.2, 0) is 14.3 Å². The molecule has 3 N–H and O–H groups in total. The van der Waals surface area contributed by atoms with Gasteiger partial charge in [-0.3, -0.25) is 10.1 Å². The Balaban J connectivity index is 2.08. The quantitative estimate of drug-likeness (QED) is 0.581. The van der Waals surface area contributed by atoms with E-state index in [4.69, 9.17) is 9.84 Å². The summed E-state index contributed by atoms with van der Waals surface area (Å²) in [6, 6.07) is 8.37. The van der Waals surface area contributed by atoms with Crippen molar-refractivity contribution in [1.29, 1.82) is 0 Å². The molecule has 21 heavy (non-hydrogen) atoms. The SMILES string of the molecule is O=C(O)COCC(=O)NC(=O)NCCOc1ccccc1. The molecule has 0 atom stereocenters. The first-order chi connectivity index (χ1) is 10.1. The smallest absolute Gasteiger partial charge is 0.329 e. The number of amides is 3. The number of hydrogen-bond acceptors (Lipinski definition) is 5. The molecule has 0 bridgehead atoms. The van der Waals surface area contributed by atoms with Gasteiger partial charge in [-0.1, -0.05) is 18.2 Å². The lowest BCUT2D eigenvalue weighted by atomic mass is 10.3. The fraction of sp³-hybridized carbons (Fsp3) is 0.308. The molecule has 0 heterocycles. The highest BCUT2D eigenvalue weighted by Crippen LogP contribution is 2.07. The molecular formula is C13H16N2O6. The van der Waals surface area contributed by atoms with Gasteiger partial charge in [-0.15, -0.1) is 0 Å². The van der Waals surface area contributed by atoms with E-state index in [0.29, 0.717) is 5.75 Å². The number of imide groups is 1. The Labute approximate surface area is 121 Å². The van der Waals surface area contributed by atoms with Crippen LogP contribution in [0.3, 0.4) is 0 Å². The molecule has 0 aliphatic carbocycles. The number of carboxylic acid groups (broad SMARTS) is 1. The minimum atomic E-state index is -1.19. The van der Waals surface area contributed by atoms with Crippen LogP contribution in [0.15, 0.2) is 30.3 Å². The van der Waals surface area contributed by atoms with Crippen LogP contribution in [0.1, 0.15) is 0 Å². The maximum atomic E-state index is 11.3. The molecular weight excluding hydrogens is 280 g/mol. The lowest BCUT2D eigenvalue weighted by Crippen LogP contribution is -2.42. The van der Waals surface area contributed by atoms with E-state index in [1.807, 2.05) is 23.5 Å². The topological polar surface area (TPSA) is 114 Å². The van der Waals surface area contributed by atoms with Crippen molar-refractivity contribution in [2.75, 3.05) is 26.4 Å². The summed E-state index contributed by atoms with van der Waals surface area (Å²) in [5.74, 6) is -1.24. The first-order valence-corrected chi connectivity index (χ1v) is 6.13. The van der Waals surface area contributed by atoms with Crippen LogP contribution in [0.4, 0.5) is 4.79 Å². The van der Waals surface area contributed by atoms with Crippen molar-refractivity contribution in [2.45, 2.75) is 0 Å². The predicted octanol–water partition coefficient (Wildman–Crippen LogP) is -0.00760. The van der Waals surface area contributed by atoms with Gasteiger partial charge < -0.3 is 19.9 Å². The molecule has 0 aromatic heterocycles. The number of aliphatic carboxylic acids is 1. The maximum absolute atomic E-state index is 11.3. The van der Waals surface area contributed by atoms with Crippen LogP contribution >= 0.6 is 0 Å². The van der Waals surface area contributed by atoms with Crippen molar-refractivity contribution in [1.82, 2.24) is 10.6 Å². The Kier molecular flexibility index (Phi) is 7.30. The highest BCUT2D eigenvalue weighted by Gasteiger charge is 2.08. The fourth-order valence-corrected chi connectivity index (χ4v) is 1.29. The molecule has 0 fully saturated rings. The lowest BCUT2D eigenvalue weighted by molar-refractivity contribution is -0.143. The van der Waals surface area contributed by atoms with E-state index in [9.17, 15) is 14.4 Å². The summed E-state index contributed by atoms with van der Waals surface area (Å²) in [4.78, 5) is 32.6. The zero-order valence-corrected chi connectivity index (χ0v) is 11.2. The predicted molar refractivity (Wildman–Crippen MR) is 71.9 cm³/mol. The van der Waals surface area contributed by atoms with Crippen LogP contribution in [0.2, 0.25) is 0 Å². The molecule has 0 unspecified atom stereocenters. The van der Waals surface area contributed by atoms with Gasteiger partial charge in [0.1, 0.15) is 25.6 Å². The number of hydrogen-bond donors (Lipinski definition) is 3. The minimum Gasteiger partial charge on any atom is -0.492 e. The van der Waals surface area contributed by atoms with E-state index < -0.39 is 31.1 Å². The Hall–Kier alpha value is -2.61. The number of para-hydroxylation sites is 1. The summed E-state index contributed by atoms with van der Waals surface area (Å²) in [5, 5.41) is 12.7. The number of benzene rings is 1. The molecule has 0 saturated carbocycles. The second-order valence-electron chi connectivity index (χ2n) is 3.85. The number of carbonyl (C=O) groups excluding carboxylic acids is 2. The monoisotopic (exact) mass is 296 g/mol. The van der Waals surface area contributed by atoms with E-state index in [1.54, 1.807) is 12.1 Å². The lowest BCUT2D eigenvalue weighted by Gasteiger charge is -2.08. The van der Waals surface area contributed by atoms with Crippen molar-refractivity contribution in [3.8, 4) is 5.75 Å². The van der Waals surface area contributed by atoms with Crippen molar-refractivity contribution >= 4 is 17.9 Å². The zero-order valence-electron chi connectivity index (χ0n) is 11.2. The number of carbonyl (C=O) groups is 3. The van der Waals surface area contributed by atoms with Gasteiger partial charge in [0.05, 0.1) is 6.54 Å². The van der Waals surface area contributed by atoms with Crippen molar-refractivity contribution < 1.29 is 29.0 Å². The molecule has 8 nitrogen and oxygen atoms in total. The maximum Gasteiger partial charge on any atom is 0.329 e. The minimum absolute atomic E-state index is 0.212. The summed E-state index contributed by atoms with van der Waals surface area (Å²) < 4.78 is 9.86. The Morgan fingerprint density at radius 2 is 1.81 bits per heavy atom. The summed E-state index contributed by atoms with van der Waals surface area (Å²) in [6.45, 7) is -0.634. The van der Waals surface area contributed by atoms with Crippen LogP contribution in [-0.4, -0.2) is 49.4 Å². The van der Waals surface area contributed by atoms with E-state index in [1.165, 1.54) is 0 Å². The average Bonchev–Trinajstić information content (AvgIpc) is 2.44. The standard InChI is InChI=1S/C13H16N2O6/c16-11(8-20-9-12(17)18)15-13(19)14-6-7-21-10-4-2-1-3-5-10/h1-5H,6-9H2,(H,17,18)(H2,14,15,16,19). The van der Waals surface area contributed by atoms with Crippen molar-refractivity contribution in [3.63, 3.8) is 0 Å². The third-order valence-electron chi connectivity index (χ3n) is 2.11. The fourth-order valence-electron chi connectivity index (χ4n) is 1.29. The number of urea groups is 1. The Bertz CT molecular complexity index is 477. The largest absolute Gasteiger partial charge is 0.492 e. The number of carboxylic acids is 1. The molecule has 0 aliphatic heterocycles. The van der Waals surface area contributed by atoms with E-state index in [-0.39, 0.29) is 13.2 Å². The zero-order chi connectivity index (χ0) is 15.5. The summed E-state index contributed by atoms with van der Waals surface area (Å²) in [6.07, 6.45) is 0. The Morgan fingerprint density at radius 1 is 1.10 bits per heavy atom. The van der Waals surface area contributed by atoms with E-state index >= 15 is 0 Å². The van der Waals surface area contributed by atoms with Gasteiger partial charge in [0.25, 0.3) is 5.91 Å². The third kappa shape index (κ3) is 8.22. The molecule has 1 rings (SSSR count). The number of rotatable bonds is 8. The Morgan fingerprint density at radius 3 is 2.48 bits per heavy atom. The molecule has 3 amide bonds. The van der Waals surface area contributed by atoms with Crippen molar-refractivity contribution in [3.05, 3.63) is 30.3 Å². The molecule has 8 heteroatoms. The van der Waals surface area contributed by atoms with Crippen LogP contribution in [0.25, 0.3) is 0 Å². The van der Waals surface area contributed by atoms with Gasteiger partial charge in [-0.05, 0) is 12.1 Å².